The first-order valence-electron chi connectivity index (χ1n) is 4.51. The van der Waals surface area contributed by atoms with Gasteiger partial charge in [-0.2, -0.15) is 0 Å². The highest BCUT2D eigenvalue weighted by molar-refractivity contribution is 5.80. The van der Waals surface area contributed by atoms with Crippen molar-refractivity contribution in [2.24, 2.45) is 0 Å². The van der Waals surface area contributed by atoms with Gasteiger partial charge in [-0.05, 0) is 17.7 Å². The molecule has 1 N–H and O–H groups in total. The summed E-state index contributed by atoms with van der Waals surface area (Å²) in [5, 5.41) is 3.32. The summed E-state index contributed by atoms with van der Waals surface area (Å²) in [5.41, 5.74) is 1.16. The minimum absolute atomic E-state index is 0.198. The van der Waals surface area contributed by atoms with Gasteiger partial charge in [0.05, 0.1) is 0 Å². The van der Waals surface area contributed by atoms with Gasteiger partial charge in [0, 0.05) is 37.8 Å². The van der Waals surface area contributed by atoms with Gasteiger partial charge in [0.15, 0.2) is 0 Å². The van der Waals surface area contributed by atoms with Crippen molar-refractivity contribution in [3.8, 4) is 0 Å². The van der Waals surface area contributed by atoms with Crippen molar-refractivity contribution >= 4 is 5.78 Å². The molecule has 1 aliphatic rings. The maximum atomic E-state index is 11.2. The minimum atomic E-state index is 0.198. The van der Waals surface area contributed by atoms with Gasteiger partial charge in [0.1, 0.15) is 5.78 Å². The molecule has 0 bridgehead atoms. The van der Waals surface area contributed by atoms with Gasteiger partial charge >= 0.3 is 0 Å². The lowest BCUT2D eigenvalue weighted by molar-refractivity contribution is -0.120. The molecule has 1 saturated heterocycles. The van der Waals surface area contributed by atoms with Crippen molar-refractivity contribution < 1.29 is 4.79 Å². The third kappa shape index (κ3) is 1.92. The van der Waals surface area contributed by atoms with Crippen LogP contribution in [0.15, 0.2) is 24.5 Å². The molecule has 0 radical (unpaired) electrons. The predicted octanol–water partition coefficient (Wildman–Crippen LogP) is 1.08. The van der Waals surface area contributed by atoms with Crippen molar-refractivity contribution in [1.82, 2.24) is 10.3 Å². The smallest absolute Gasteiger partial charge is 0.136 e. The standard InChI is InChI=1S/C10H12N2O/c13-9-3-6-12-10(7-9)8-1-4-11-5-2-8/h1-2,4-5,10,12H,3,6-7H2. The highest BCUT2D eigenvalue weighted by Crippen LogP contribution is 2.19. The van der Waals surface area contributed by atoms with Gasteiger partial charge < -0.3 is 5.32 Å². The Hall–Kier alpha value is -1.22. The summed E-state index contributed by atoms with van der Waals surface area (Å²) in [6, 6.07) is 4.11. The zero-order valence-corrected chi connectivity index (χ0v) is 7.36. The third-order valence-electron chi connectivity index (χ3n) is 2.33. The molecule has 68 valence electrons. The fourth-order valence-electron chi connectivity index (χ4n) is 1.62. The molecule has 3 nitrogen and oxygen atoms in total. The Bertz CT molecular complexity index is 297. The quantitative estimate of drug-likeness (QED) is 0.696. The van der Waals surface area contributed by atoms with E-state index in [2.05, 4.69) is 10.3 Å². The Labute approximate surface area is 77.2 Å². The molecule has 0 amide bonds. The lowest BCUT2D eigenvalue weighted by Crippen LogP contribution is -2.31. The number of nitrogens with zero attached hydrogens (tertiary/aromatic N) is 1. The normalized spacial score (nSPS) is 23.1. The first-order chi connectivity index (χ1) is 6.36. The molecular weight excluding hydrogens is 164 g/mol. The lowest BCUT2D eigenvalue weighted by atomic mass is 9.98. The number of rotatable bonds is 1. The van der Waals surface area contributed by atoms with Crippen LogP contribution < -0.4 is 5.32 Å². The molecule has 1 aromatic rings. The number of aromatic nitrogens is 1. The van der Waals surface area contributed by atoms with Crippen LogP contribution in [-0.4, -0.2) is 17.3 Å². The van der Waals surface area contributed by atoms with E-state index in [1.807, 2.05) is 12.1 Å². The van der Waals surface area contributed by atoms with Crippen LogP contribution in [-0.2, 0) is 4.79 Å². The van der Waals surface area contributed by atoms with Gasteiger partial charge in [0.25, 0.3) is 0 Å². The number of hydrogen-bond donors (Lipinski definition) is 1. The summed E-state index contributed by atoms with van der Waals surface area (Å²) in [4.78, 5) is 15.1. The minimum Gasteiger partial charge on any atom is -0.309 e. The summed E-state index contributed by atoms with van der Waals surface area (Å²) in [7, 11) is 0. The zero-order valence-electron chi connectivity index (χ0n) is 7.36. The molecule has 1 fully saturated rings. The van der Waals surface area contributed by atoms with E-state index in [0.29, 0.717) is 18.6 Å². The van der Waals surface area contributed by atoms with Gasteiger partial charge in [-0.1, -0.05) is 0 Å². The Balaban J connectivity index is 2.13. The second kappa shape index (κ2) is 3.66. The Morgan fingerprint density at radius 2 is 2.15 bits per heavy atom. The van der Waals surface area contributed by atoms with E-state index in [1.54, 1.807) is 12.4 Å². The molecule has 1 aliphatic heterocycles. The molecule has 0 aliphatic carbocycles. The number of carbonyl (C=O) groups is 1. The topological polar surface area (TPSA) is 42.0 Å². The van der Waals surface area contributed by atoms with Crippen LogP contribution in [0.4, 0.5) is 0 Å². The first-order valence-corrected chi connectivity index (χ1v) is 4.51. The summed E-state index contributed by atoms with van der Waals surface area (Å²) in [6.45, 7) is 0.797. The molecule has 2 rings (SSSR count). The number of carbonyl (C=O) groups excluding carboxylic acids is 1. The molecule has 3 heteroatoms. The summed E-state index contributed by atoms with van der Waals surface area (Å²) < 4.78 is 0. The second-order valence-electron chi connectivity index (χ2n) is 3.28. The van der Waals surface area contributed by atoms with Crippen molar-refractivity contribution in [3.63, 3.8) is 0 Å². The van der Waals surface area contributed by atoms with E-state index in [1.165, 1.54) is 0 Å². The van der Waals surface area contributed by atoms with Gasteiger partial charge in [-0.25, -0.2) is 0 Å². The van der Waals surface area contributed by atoms with Gasteiger partial charge in [-0.15, -0.1) is 0 Å². The molecule has 1 aromatic heterocycles. The Morgan fingerprint density at radius 3 is 2.85 bits per heavy atom. The number of ketones is 1. The predicted molar refractivity (Wildman–Crippen MR) is 49.2 cm³/mol. The number of pyridine rings is 1. The first kappa shape index (κ1) is 8.38. The summed E-state index contributed by atoms with van der Waals surface area (Å²) >= 11 is 0. The summed E-state index contributed by atoms with van der Waals surface area (Å²) in [5.74, 6) is 0.348. The van der Waals surface area contributed by atoms with Crippen molar-refractivity contribution in [2.45, 2.75) is 18.9 Å². The largest absolute Gasteiger partial charge is 0.309 e. The van der Waals surface area contributed by atoms with Crippen LogP contribution in [0.2, 0.25) is 0 Å². The second-order valence-corrected chi connectivity index (χ2v) is 3.28. The molecule has 1 atom stereocenters. The average Bonchev–Trinajstić information content (AvgIpc) is 2.19. The van der Waals surface area contributed by atoms with E-state index in [4.69, 9.17) is 0 Å². The number of piperidine rings is 1. The van der Waals surface area contributed by atoms with E-state index in [0.717, 1.165) is 12.1 Å². The molecule has 0 aromatic carbocycles. The maximum Gasteiger partial charge on any atom is 0.136 e. The van der Waals surface area contributed by atoms with E-state index >= 15 is 0 Å². The summed E-state index contributed by atoms with van der Waals surface area (Å²) in [6.07, 6.45) is 4.80. The van der Waals surface area contributed by atoms with Crippen molar-refractivity contribution in [2.75, 3.05) is 6.54 Å². The number of nitrogens with one attached hydrogen (secondary N) is 1. The molecule has 0 spiro atoms. The highest BCUT2D eigenvalue weighted by atomic mass is 16.1. The van der Waals surface area contributed by atoms with Crippen molar-refractivity contribution in [3.05, 3.63) is 30.1 Å². The van der Waals surface area contributed by atoms with Crippen LogP contribution in [0.1, 0.15) is 24.4 Å². The SMILES string of the molecule is O=C1CCNC(c2ccncc2)C1. The van der Waals surface area contributed by atoms with Gasteiger partial charge in [-0.3, -0.25) is 9.78 Å². The van der Waals surface area contributed by atoms with E-state index in [-0.39, 0.29) is 6.04 Å². The average molecular weight is 176 g/mol. The van der Waals surface area contributed by atoms with Crippen molar-refractivity contribution in [1.29, 1.82) is 0 Å². The fraction of sp³-hybridized carbons (Fsp3) is 0.400. The monoisotopic (exact) mass is 176 g/mol. The molecule has 0 saturated carbocycles. The Morgan fingerprint density at radius 1 is 1.38 bits per heavy atom. The molecule has 13 heavy (non-hydrogen) atoms. The van der Waals surface area contributed by atoms with Crippen LogP contribution >= 0.6 is 0 Å². The Kier molecular flexibility index (Phi) is 2.36. The van der Waals surface area contributed by atoms with Gasteiger partial charge in [0.2, 0.25) is 0 Å². The fourth-order valence-corrected chi connectivity index (χ4v) is 1.62. The highest BCUT2D eigenvalue weighted by Gasteiger charge is 2.19. The van der Waals surface area contributed by atoms with E-state index < -0.39 is 0 Å². The van der Waals surface area contributed by atoms with Crippen LogP contribution in [0, 0.1) is 0 Å². The maximum absolute atomic E-state index is 11.2. The lowest BCUT2D eigenvalue weighted by Gasteiger charge is -2.22. The number of Topliss-reactive ketones (excluding diaryl/α,β-unsaturated/α-hetero) is 1. The molecular formula is C10H12N2O. The third-order valence-corrected chi connectivity index (χ3v) is 2.33. The van der Waals surface area contributed by atoms with Crippen LogP contribution in [0.5, 0.6) is 0 Å². The van der Waals surface area contributed by atoms with Crippen LogP contribution in [0.25, 0.3) is 0 Å². The molecule has 1 unspecified atom stereocenters. The number of hydrogen-bond acceptors (Lipinski definition) is 3. The zero-order chi connectivity index (χ0) is 9.10. The van der Waals surface area contributed by atoms with Crippen LogP contribution in [0.3, 0.4) is 0 Å². The van der Waals surface area contributed by atoms with E-state index in [9.17, 15) is 4.79 Å². The molecule has 2 heterocycles.